The maximum atomic E-state index is 8.96. The predicted molar refractivity (Wildman–Crippen MR) is 67.8 cm³/mol. The van der Waals surface area contributed by atoms with Crippen LogP contribution in [0.15, 0.2) is 24.3 Å². The zero-order valence-corrected chi connectivity index (χ0v) is 10.2. The third kappa shape index (κ3) is 2.51. The number of aryl methyl sites for hydroxylation is 1. The van der Waals surface area contributed by atoms with Crippen molar-refractivity contribution in [1.82, 2.24) is 0 Å². The molecule has 0 radical (unpaired) electrons. The Balaban J connectivity index is 2.36. The summed E-state index contributed by atoms with van der Waals surface area (Å²) >= 11 is 0. The zero-order chi connectivity index (χ0) is 12.1. The summed E-state index contributed by atoms with van der Waals surface area (Å²) < 4.78 is 5.90. The van der Waals surface area contributed by atoms with Crippen molar-refractivity contribution in [1.29, 1.82) is 0 Å². The maximum Gasteiger partial charge on any atom is 0.106 e. The van der Waals surface area contributed by atoms with Crippen LogP contribution < -0.4 is 5.73 Å². The average molecular weight is 235 g/mol. The summed E-state index contributed by atoms with van der Waals surface area (Å²) in [5.41, 5.74) is 8.12. The number of fused-ring (bicyclic) bond motifs is 1. The van der Waals surface area contributed by atoms with Gasteiger partial charge in [0.25, 0.3) is 0 Å². The quantitative estimate of drug-likeness (QED) is 0.779. The van der Waals surface area contributed by atoms with Crippen LogP contribution in [-0.2, 0) is 16.8 Å². The molecule has 1 aliphatic carbocycles. The lowest BCUT2D eigenvalue weighted by Gasteiger charge is -2.33. The van der Waals surface area contributed by atoms with Gasteiger partial charge in [0.15, 0.2) is 0 Å². The highest BCUT2D eigenvalue weighted by molar-refractivity contribution is 5.34. The van der Waals surface area contributed by atoms with Crippen LogP contribution in [0.3, 0.4) is 0 Å². The molecule has 0 aliphatic heterocycles. The molecular weight excluding hydrogens is 214 g/mol. The van der Waals surface area contributed by atoms with Gasteiger partial charge < -0.3 is 15.6 Å². The topological polar surface area (TPSA) is 55.5 Å². The zero-order valence-electron chi connectivity index (χ0n) is 10.2. The minimum atomic E-state index is -0.393. The van der Waals surface area contributed by atoms with Crippen LogP contribution in [0.2, 0.25) is 0 Å². The maximum absolute atomic E-state index is 8.96. The minimum absolute atomic E-state index is 0.0456. The predicted octanol–water partition coefficient (Wildman–Crippen LogP) is 1.58. The number of hydrogen-bond acceptors (Lipinski definition) is 3. The lowest BCUT2D eigenvalue weighted by Crippen LogP contribution is -2.39. The fourth-order valence-corrected chi connectivity index (χ4v) is 2.71. The Kier molecular flexibility index (Phi) is 4.15. The van der Waals surface area contributed by atoms with Crippen molar-refractivity contribution < 1.29 is 9.84 Å². The SMILES string of the molecule is NCC1(OCCO)CCCCc2ccccc21. The van der Waals surface area contributed by atoms with Crippen LogP contribution >= 0.6 is 0 Å². The number of hydrogen-bond donors (Lipinski definition) is 2. The largest absolute Gasteiger partial charge is 0.394 e. The Hall–Kier alpha value is -0.900. The van der Waals surface area contributed by atoms with Gasteiger partial charge in [-0.15, -0.1) is 0 Å². The first-order chi connectivity index (χ1) is 8.32. The summed E-state index contributed by atoms with van der Waals surface area (Å²) in [6.45, 7) is 0.874. The van der Waals surface area contributed by atoms with E-state index in [9.17, 15) is 0 Å². The molecule has 3 N–H and O–H groups in total. The normalized spacial score (nSPS) is 24.1. The summed E-state index contributed by atoms with van der Waals surface area (Å²) in [7, 11) is 0. The fraction of sp³-hybridized carbons (Fsp3) is 0.571. The second-order valence-corrected chi connectivity index (χ2v) is 4.63. The van der Waals surface area contributed by atoms with Crippen LogP contribution in [0.1, 0.15) is 30.4 Å². The van der Waals surface area contributed by atoms with E-state index in [1.54, 1.807) is 0 Å². The molecule has 0 spiro atoms. The lowest BCUT2D eigenvalue weighted by atomic mass is 9.87. The third-order valence-electron chi connectivity index (χ3n) is 3.58. The van der Waals surface area contributed by atoms with Gasteiger partial charge in [-0.2, -0.15) is 0 Å². The van der Waals surface area contributed by atoms with Crippen LogP contribution in [0, 0.1) is 0 Å². The third-order valence-corrected chi connectivity index (χ3v) is 3.58. The molecule has 3 nitrogen and oxygen atoms in total. The molecule has 1 aromatic rings. The molecule has 1 aromatic carbocycles. The molecule has 1 atom stereocenters. The molecule has 94 valence electrons. The number of ether oxygens (including phenoxy) is 1. The molecule has 2 rings (SSSR count). The first-order valence-electron chi connectivity index (χ1n) is 6.36. The minimum Gasteiger partial charge on any atom is -0.394 e. The van der Waals surface area contributed by atoms with Gasteiger partial charge in [0, 0.05) is 6.54 Å². The van der Waals surface area contributed by atoms with Crippen molar-refractivity contribution in [2.75, 3.05) is 19.8 Å². The van der Waals surface area contributed by atoms with Gasteiger partial charge in [0.05, 0.1) is 13.2 Å². The second-order valence-electron chi connectivity index (χ2n) is 4.63. The number of aliphatic hydroxyl groups excluding tert-OH is 1. The molecule has 0 aromatic heterocycles. The molecule has 0 heterocycles. The highest BCUT2D eigenvalue weighted by Crippen LogP contribution is 2.36. The van der Waals surface area contributed by atoms with E-state index in [2.05, 4.69) is 18.2 Å². The monoisotopic (exact) mass is 235 g/mol. The molecule has 1 aliphatic rings. The fourth-order valence-electron chi connectivity index (χ4n) is 2.71. The molecule has 17 heavy (non-hydrogen) atoms. The molecule has 0 bridgehead atoms. The van der Waals surface area contributed by atoms with Crippen LogP contribution in [0.4, 0.5) is 0 Å². The average Bonchev–Trinajstić information content (AvgIpc) is 2.57. The summed E-state index contributed by atoms with van der Waals surface area (Å²) in [4.78, 5) is 0. The van der Waals surface area contributed by atoms with Gasteiger partial charge in [-0.3, -0.25) is 0 Å². The van der Waals surface area contributed by atoms with Crippen molar-refractivity contribution in [3.8, 4) is 0 Å². The Morgan fingerprint density at radius 2 is 2.12 bits per heavy atom. The van der Waals surface area contributed by atoms with Crippen LogP contribution in [-0.4, -0.2) is 24.9 Å². The summed E-state index contributed by atoms with van der Waals surface area (Å²) in [5, 5.41) is 8.96. The molecule has 0 saturated heterocycles. The van der Waals surface area contributed by atoms with E-state index in [-0.39, 0.29) is 6.61 Å². The van der Waals surface area contributed by atoms with Gasteiger partial charge in [-0.1, -0.05) is 24.3 Å². The second kappa shape index (κ2) is 5.63. The van der Waals surface area contributed by atoms with Crippen LogP contribution in [0.5, 0.6) is 0 Å². The highest BCUT2D eigenvalue weighted by Gasteiger charge is 2.34. The van der Waals surface area contributed by atoms with Crippen molar-refractivity contribution >= 4 is 0 Å². The van der Waals surface area contributed by atoms with E-state index in [1.165, 1.54) is 17.5 Å². The molecule has 3 heteroatoms. The summed E-state index contributed by atoms with van der Waals surface area (Å²) in [5.74, 6) is 0. The number of aliphatic hydroxyl groups is 1. The molecular formula is C14H21NO2. The standard InChI is InChI=1S/C14H21NO2/c15-11-14(17-10-9-16)8-4-3-6-12-5-1-2-7-13(12)14/h1-2,5,7,16H,3-4,6,8-11,15H2. The van der Waals surface area contributed by atoms with E-state index in [4.69, 9.17) is 15.6 Å². The van der Waals surface area contributed by atoms with Gasteiger partial charge >= 0.3 is 0 Å². The smallest absolute Gasteiger partial charge is 0.106 e. The van der Waals surface area contributed by atoms with Gasteiger partial charge in [0.1, 0.15) is 5.60 Å². The van der Waals surface area contributed by atoms with Crippen molar-refractivity contribution in [3.63, 3.8) is 0 Å². The van der Waals surface area contributed by atoms with Crippen LogP contribution in [0.25, 0.3) is 0 Å². The van der Waals surface area contributed by atoms with E-state index < -0.39 is 5.60 Å². The highest BCUT2D eigenvalue weighted by atomic mass is 16.5. The number of benzene rings is 1. The Morgan fingerprint density at radius 1 is 1.29 bits per heavy atom. The number of nitrogens with two attached hydrogens (primary N) is 1. The van der Waals surface area contributed by atoms with Gasteiger partial charge in [0.2, 0.25) is 0 Å². The van der Waals surface area contributed by atoms with E-state index in [0.29, 0.717) is 13.2 Å². The Labute approximate surface area is 103 Å². The van der Waals surface area contributed by atoms with Gasteiger partial charge in [-0.25, -0.2) is 0 Å². The summed E-state index contributed by atoms with van der Waals surface area (Å²) in [6.07, 6.45) is 4.35. The van der Waals surface area contributed by atoms with Crippen molar-refractivity contribution in [3.05, 3.63) is 35.4 Å². The van der Waals surface area contributed by atoms with Crippen molar-refractivity contribution in [2.24, 2.45) is 5.73 Å². The molecule has 0 amide bonds. The van der Waals surface area contributed by atoms with E-state index in [1.807, 2.05) is 6.07 Å². The first kappa shape index (κ1) is 12.6. The lowest BCUT2D eigenvalue weighted by molar-refractivity contribution is -0.0627. The number of rotatable bonds is 4. The summed E-state index contributed by atoms with van der Waals surface area (Å²) in [6, 6.07) is 8.38. The molecule has 0 saturated carbocycles. The Morgan fingerprint density at radius 3 is 2.88 bits per heavy atom. The van der Waals surface area contributed by atoms with Gasteiger partial charge in [-0.05, 0) is 36.8 Å². The Bertz CT molecular complexity index is 367. The van der Waals surface area contributed by atoms with E-state index in [0.717, 1.165) is 19.3 Å². The van der Waals surface area contributed by atoms with Crippen molar-refractivity contribution in [2.45, 2.75) is 31.3 Å². The molecule has 1 unspecified atom stereocenters. The van der Waals surface area contributed by atoms with E-state index >= 15 is 0 Å². The molecule has 0 fully saturated rings. The first-order valence-corrected chi connectivity index (χ1v) is 6.36.